The van der Waals surface area contributed by atoms with Crippen molar-refractivity contribution < 1.29 is 13.6 Å². The van der Waals surface area contributed by atoms with Gasteiger partial charge in [-0.1, -0.05) is 18.2 Å². The van der Waals surface area contributed by atoms with E-state index >= 15 is 0 Å². The first-order chi connectivity index (χ1) is 15.1. The summed E-state index contributed by atoms with van der Waals surface area (Å²) in [6, 6.07) is 10.2. The van der Waals surface area contributed by atoms with Crippen LogP contribution in [0.1, 0.15) is 31.2 Å². The number of aromatic nitrogens is 1. The number of carbonyl (C=O) groups is 1. The molecule has 1 aromatic heterocycles. The third kappa shape index (κ3) is 5.58. The van der Waals surface area contributed by atoms with Crippen LogP contribution in [0, 0.1) is 17.6 Å². The van der Waals surface area contributed by atoms with E-state index in [1.807, 2.05) is 23.1 Å². The average Bonchev–Trinajstić information content (AvgIpc) is 2.81. The van der Waals surface area contributed by atoms with Crippen molar-refractivity contribution in [2.24, 2.45) is 5.92 Å². The van der Waals surface area contributed by atoms with Gasteiger partial charge in [-0.15, -0.1) is 0 Å². The summed E-state index contributed by atoms with van der Waals surface area (Å²) in [5.74, 6) is 0.0640. The van der Waals surface area contributed by atoms with Crippen LogP contribution in [0.4, 0.5) is 14.6 Å². The molecule has 2 saturated heterocycles. The number of piperidine rings is 1. The molecule has 5 nitrogen and oxygen atoms in total. The second-order valence-corrected chi connectivity index (χ2v) is 8.55. The van der Waals surface area contributed by atoms with E-state index in [-0.39, 0.29) is 5.91 Å². The fourth-order valence-corrected chi connectivity index (χ4v) is 4.65. The molecule has 2 fully saturated rings. The van der Waals surface area contributed by atoms with Gasteiger partial charge in [0.05, 0.1) is 0 Å². The Morgan fingerprint density at radius 2 is 1.87 bits per heavy atom. The third-order valence-electron chi connectivity index (χ3n) is 6.40. The molecule has 3 heterocycles. The number of pyridine rings is 1. The smallest absolute Gasteiger partial charge is 0.222 e. The minimum atomic E-state index is -0.792. The molecule has 0 spiro atoms. The fraction of sp³-hybridized carbons (Fsp3) is 0.500. The zero-order valence-electron chi connectivity index (χ0n) is 17.9. The molecule has 0 saturated carbocycles. The molecule has 0 N–H and O–H groups in total. The van der Waals surface area contributed by atoms with Gasteiger partial charge in [-0.3, -0.25) is 9.69 Å². The van der Waals surface area contributed by atoms with Gasteiger partial charge < -0.3 is 9.80 Å². The predicted molar refractivity (Wildman–Crippen MR) is 117 cm³/mol. The van der Waals surface area contributed by atoms with Crippen LogP contribution in [0.5, 0.6) is 0 Å². The van der Waals surface area contributed by atoms with Crippen LogP contribution in [-0.4, -0.2) is 60.0 Å². The SMILES string of the molecule is O=C(CCC1CCCN(Cc2cccc(F)c2F)C1)N1CCN(c2ccccn2)CC1. The maximum Gasteiger partial charge on any atom is 0.222 e. The van der Waals surface area contributed by atoms with Crippen LogP contribution in [0.15, 0.2) is 42.6 Å². The predicted octanol–water partition coefficient (Wildman–Crippen LogP) is 3.70. The molecule has 4 rings (SSSR count). The zero-order valence-corrected chi connectivity index (χ0v) is 17.9. The van der Waals surface area contributed by atoms with E-state index in [0.717, 1.165) is 70.4 Å². The number of piperazine rings is 1. The molecule has 31 heavy (non-hydrogen) atoms. The summed E-state index contributed by atoms with van der Waals surface area (Å²) in [5, 5.41) is 0. The summed E-state index contributed by atoms with van der Waals surface area (Å²) in [6.07, 6.45) is 5.31. The van der Waals surface area contributed by atoms with Gasteiger partial charge in [-0.25, -0.2) is 13.8 Å². The van der Waals surface area contributed by atoms with E-state index in [1.54, 1.807) is 18.3 Å². The highest BCUT2D eigenvalue weighted by molar-refractivity contribution is 5.76. The monoisotopic (exact) mass is 428 g/mol. The number of benzene rings is 1. The van der Waals surface area contributed by atoms with E-state index in [9.17, 15) is 13.6 Å². The van der Waals surface area contributed by atoms with E-state index < -0.39 is 11.6 Å². The Morgan fingerprint density at radius 3 is 2.65 bits per heavy atom. The topological polar surface area (TPSA) is 39.7 Å². The summed E-state index contributed by atoms with van der Waals surface area (Å²) in [4.78, 5) is 23.5. The lowest BCUT2D eigenvalue weighted by atomic mass is 9.92. The molecule has 2 aromatic rings. The largest absolute Gasteiger partial charge is 0.353 e. The Bertz CT molecular complexity index is 871. The van der Waals surface area contributed by atoms with Crippen LogP contribution in [-0.2, 0) is 11.3 Å². The van der Waals surface area contributed by atoms with Gasteiger partial charge in [-0.2, -0.15) is 0 Å². The Hall–Kier alpha value is -2.54. The van der Waals surface area contributed by atoms with Crippen molar-refractivity contribution in [2.45, 2.75) is 32.2 Å². The minimum Gasteiger partial charge on any atom is -0.353 e. The molecule has 0 radical (unpaired) electrons. The summed E-state index contributed by atoms with van der Waals surface area (Å²) in [7, 11) is 0. The summed E-state index contributed by atoms with van der Waals surface area (Å²) in [5.41, 5.74) is 0.405. The van der Waals surface area contributed by atoms with Crippen molar-refractivity contribution in [3.8, 4) is 0 Å². The molecule has 1 aromatic carbocycles. The molecule has 1 atom stereocenters. The van der Waals surface area contributed by atoms with Crippen molar-refractivity contribution in [3.05, 3.63) is 59.8 Å². The van der Waals surface area contributed by atoms with Gasteiger partial charge in [0, 0.05) is 57.4 Å². The van der Waals surface area contributed by atoms with Gasteiger partial charge in [0.25, 0.3) is 0 Å². The van der Waals surface area contributed by atoms with Gasteiger partial charge in [0.1, 0.15) is 5.82 Å². The van der Waals surface area contributed by atoms with Crippen LogP contribution in [0.2, 0.25) is 0 Å². The first-order valence-electron chi connectivity index (χ1n) is 11.2. The number of rotatable bonds is 6. The van der Waals surface area contributed by atoms with E-state index in [0.29, 0.717) is 24.4 Å². The fourth-order valence-electron chi connectivity index (χ4n) is 4.65. The van der Waals surface area contributed by atoms with E-state index in [4.69, 9.17) is 0 Å². The first-order valence-corrected chi connectivity index (χ1v) is 11.2. The third-order valence-corrected chi connectivity index (χ3v) is 6.40. The van der Waals surface area contributed by atoms with Gasteiger partial charge in [0.15, 0.2) is 11.6 Å². The number of likely N-dealkylation sites (tertiary alicyclic amines) is 1. The van der Waals surface area contributed by atoms with Crippen molar-refractivity contribution >= 4 is 11.7 Å². The highest BCUT2D eigenvalue weighted by Gasteiger charge is 2.25. The highest BCUT2D eigenvalue weighted by Crippen LogP contribution is 2.24. The normalized spacial score (nSPS) is 20.1. The molecule has 2 aliphatic rings. The molecule has 2 aliphatic heterocycles. The van der Waals surface area contributed by atoms with Crippen LogP contribution in [0.3, 0.4) is 0 Å². The van der Waals surface area contributed by atoms with Crippen LogP contribution in [0.25, 0.3) is 0 Å². The lowest BCUT2D eigenvalue weighted by Gasteiger charge is -2.36. The first kappa shape index (κ1) is 21.7. The second-order valence-electron chi connectivity index (χ2n) is 8.55. The van der Waals surface area contributed by atoms with Crippen molar-refractivity contribution in [1.29, 1.82) is 0 Å². The summed E-state index contributed by atoms with van der Waals surface area (Å²) >= 11 is 0. The molecule has 1 amide bonds. The number of hydrogen-bond donors (Lipinski definition) is 0. The Morgan fingerprint density at radius 1 is 1.03 bits per heavy atom. The maximum absolute atomic E-state index is 14.0. The number of amides is 1. The molecular weight excluding hydrogens is 398 g/mol. The molecule has 166 valence electrons. The van der Waals surface area contributed by atoms with Crippen LogP contribution < -0.4 is 4.90 Å². The second kappa shape index (κ2) is 10.2. The van der Waals surface area contributed by atoms with Crippen molar-refractivity contribution in [1.82, 2.24) is 14.8 Å². The lowest BCUT2D eigenvalue weighted by Crippen LogP contribution is -2.49. The quantitative estimate of drug-likeness (QED) is 0.704. The Labute approximate surface area is 182 Å². The van der Waals surface area contributed by atoms with Crippen molar-refractivity contribution in [2.75, 3.05) is 44.2 Å². The van der Waals surface area contributed by atoms with Gasteiger partial charge >= 0.3 is 0 Å². The maximum atomic E-state index is 14.0. The lowest BCUT2D eigenvalue weighted by molar-refractivity contribution is -0.131. The van der Waals surface area contributed by atoms with E-state index in [2.05, 4.69) is 14.8 Å². The van der Waals surface area contributed by atoms with E-state index in [1.165, 1.54) is 0 Å². The molecule has 0 bridgehead atoms. The van der Waals surface area contributed by atoms with Gasteiger partial charge in [-0.05, 0) is 49.9 Å². The Kier molecular flexibility index (Phi) is 7.12. The number of carbonyl (C=O) groups excluding carboxylic acids is 1. The number of anilines is 1. The number of nitrogens with zero attached hydrogens (tertiary/aromatic N) is 4. The highest BCUT2D eigenvalue weighted by atomic mass is 19.2. The number of halogens is 2. The van der Waals surface area contributed by atoms with Gasteiger partial charge in [0.2, 0.25) is 5.91 Å². The minimum absolute atomic E-state index is 0.217. The molecule has 7 heteroatoms. The standard InChI is InChI=1S/C24H30F2N4O/c25-21-7-3-6-20(24(21)26)18-28-12-4-5-19(17-28)9-10-23(31)30-15-13-29(14-16-30)22-8-1-2-11-27-22/h1-3,6-8,11,19H,4-5,9-10,12-18H2. The molecule has 0 aliphatic carbocycles. The van der Waals surface area contributed by atoms with Crippen LogP contribution >= 0.6 is 0 Å². The average molecular weight is 429 g/mol. The summed E-state index contributed by atoms with van der Waals surface area (Å²) < 4.78 is 27.5. The molecular formula is C24H30F2N4O. The Balaban J connectivity index is 1.22. The number of hydrogen-bond acceptors (Lipinski definition) is 4. The molecule has 1 unspecified atom stereocenters. The van der Waals surface area contributed by atoms with Crippen molar-refractivity contribution in [3.63, 3.8) is 0 Å². The summed E-state index contributed by atoms with van der Waals surface area (Å²) in [6.45, 7) is 5.20. The zero-order chi connectivity index (χ0) is 21.6.